The van der Waals surface area contributed by atoms with Gasteiger partial charge in [-0.1, -0.05) is 33.6 Å². The summed E-state index contributed by atoms with van der Waals surface area (Å²) in [6.07, 6.45) is 0. The molecule has 0 aliphatic carbocycles. The number of hydrogen-bond donors (Lipinski definition) is 0. The van der Waals surface area contributed by atoms with E-state index in [0.29, 0.717) is 0 Å². The fraction of sp³-hybridized carbons (Fsp3) is 1.00. The van der Waals surface area contributed by atoms with Crippen molar-refractivity contribution in [1.29, 1.82) is 0 Å². The summed E-state index contributed by atoms with van der Waals surface area (Å²) >= 11 is 0. The fourth-order valence-corrected chi connectivity index (χ4v) is 8.27. The maximum absolute atomic E-state index is 5.90. The molecule has 0 aromatic rings. The Balaban J connectivity index is -0.000000208. The highest BCUT2D eigenvalue weighted by Crippen LogP contribution is 2.12. The van der Waals surface area contributed by atoms with Crippen molar-refractivity contribution < 1.29 is 4.12 Å². The third kappa shape index (κ3) is 53.2. The van der Waals surface area contributed by atoms with Gasteiger partial charge in [0, 0.05) is 8.07 Å². The van der Waals surface area contributed by atoms with Crippen LogP contribution in [0.3, 0.4) is 0 Å². The van der Waals surface area contributed by atoms with E-state index in [4.69, 9.17) is 4.12 Å². The first-order valence-electron chi connectivity index (χ1n) is 5.41. The molecule has 0 rings (SSSR count). The summed E-state index contributed by atoms with van der Waals surface area (Å²) in [5, 5.41) is 0. The van der Waals surface area contributed by atoms with Gasteiger partial charge in [0.15, 0.2) is 16.6 Å². The van der Waals surface area contributed by atoms with Crippen molar-refractivity contribution in [3.8, 4) is 0 Å². The molecule has 0 N–H and O–H groups in total. The second kappa shape index (κ2) is 7.04. The van der Waals surface area contributed by atoms with E-state index in [0.717, 1.165) is 0 Å². The largest absolute Gasteiger partial charge is 0.456 e. The molecule has 0 unspecified atom stereocenters. The molecule has 15 heavy (non-hydrogen) atoms. The van der Waals surface area contributed by atoms with Crippen LogP contribution in [-0.4, -0.2) is 24.7 Å². The molecule has 0 atom stereocenters. The van der Waals surface area contributed by atoms with E-state index in [1.165, 1.54) is 0 Å². The van der Waals surface area contributed by atoms with Crippen LogP contribution in [0.15, 0.2) is 0 Å². The molecule has 0 amide bonds. The van der Waals surface area contributed by atoms with Gasteiger partial charge in [-0.2, -0.15) is 0 Å². The molecule has 0 spiro atoms. The van der Waals surface area contributed by atoms with Gasteiger partial charge in [0.05, 0.1) is 0 Å². The summed E-state index contributed by atoms with van der Waals surface area (Å²) in [4.78, 5) is 0. The van der Waals surface area contributed by atoms with Crippen LogP contribution in [0, 0.1) is 0 Å². The minimum absolute atomic E-state index is 0. The Kier molecular flexibility index (Phi) is 9.83. The summed E-state index contributed by atoms with van der Waals surface area (Å²) in [7, 11) is -3.07. The zero-order valence-corrected chi connectivity index (χ0v) is 14.9. The molecule has 1 nitrogen and oxygen atoms in total. The van der Waals surface area contributed by atoms with E-state index in [9.17, 15) is 0 Å². The Morgan fingerprint density at radius 3 is 0.667 bits per heavy atom. The van der Waals surface area contributed by atoms with Crippen LogP contribution in [0.4, 0.5) is 0 Å². The Morgan fingerprint density at radius 2 is 0.667 bits per heavy atom. The van der Waals surface area contributed by atoms with Crippen LogP contribution in [0.1, 0.15) is 7.43 Å². The van der Waals surface area contributed by atoms with Gasteiger partial charge in [-0.3, -0.25) is 0 Å². The van der Waals surface area contributed by atoms with Crippen LogP contribution >= 0.6 is 0 Å². The molecular formula is C11H34OSi3. The van der Waals surface area contributed by atoms with E-state index in [1.54, 1.807) is 0 Å². The highest BCUT2D eigenvalue weighted by Gasteiger charge is 2.24. The molecule has 4 heteroatoms. The van der Waals surface area contributed by atoms with Crippen LogP contribution in [0.2, 0.25) is 65.5 Å². The van der Waals surface area contributed by atoms with E-state index < -0.39 is 24.7 Å². The molecule has 96 valence electrons. The summed E-state index contributed by atoms with van der Waals surface area (Å²) < 4.78 is 5.90. The minimum atomic E-state index is -1.23. The van der Waals surface area contributed by atoms with Gasteiger partial charge in [-0.15, -0.1) is 0 Å². The van der Waals surface area contributed by atoms with Crippen LogP contribution in [0.5, 0.6) is 0 Å². The molecule has 0 aromatic heterocycles. The van der Waals surface area contributed by atoms with Gasteiger partial charge in [0.2, 0.25) is 0 Å². The molecule has 0 fully saturated rings. The van der Waals surface area contributed by atoms with E-state index in [-0.39, 0.29) is 7.43 Å². The highest BCUT2D eigenvalue weighted by atomic mass is 28.4. The summed E-state index contributed by atoms with van der Waals surface area (Å²) in [6.45, 7) is 22.8. The molecule has 0 aromatic carbocycles. The lowest BCUT2D eigenvalue weighted by Crippen LogP contribution is -2.39. The molecular weight excluding hydrogens is 232 g/mol. The normalized spacial score (nSPS) is 12.4. The first-order chi connectivity index (χ1) is 5.71. The third-order valence-corrected chi connectivity index (χ3v) is 5.51. The third-order valence-electron chi connectivity index (χ3n) is 0.612. The SMILES string of the molecule is C.C[Si](C)(C)C.C[Si](C)(C)O[Si](C)(C)C. The molecule has 0 saturated carbocycles. The summed E-state index contributed by atoms with van der Waals surface area (Å²) in [5.41, 5.74) is 0. The van der Waals surface area contributed by atoms with Crippen LogP contribution in [0.25, 0.3) is 0 Å². The van der Waals surface area contributed by atoms with Crippen LogP contribution < -0.4 is 0 Å². The van der Waals surface area contributed by atoms with Crippen molar-refractivity contribution in [1.82, 2.24) is 0 Å². The molecule has 0 aliphatic rings. The fourth-order valence-electron chi connectivity index (χ4n) is 0.919. The number of rotatable bonds is 2. The molecule has 0 bridgehead atoms. The second-order valence-electron chi connectivity index (χ2n) is 7.33. The average molecular weight is 267 g/mol. The predicted octanol–water partition coefficient (Wildman–Crippen LogP) is 5.26. The zero-order valence-electron chi connectivity index (χ0n) is 11.9. The Hall–Kier alpha value is 0.611. The number of hydrogen-bond acceptors (Lipinski definition) is 1. The lowest BCUT2D eigenvalue weighted by Gasteiger charge is -2.27. The molecule has 0 heterocycles. The monoisotopic (exact) mass is 266 g/mol. The highest BCUT2D eigenvalue weighted by molar-refractivity contribution is 6.83. The first-order valence-corrected chi connectivity index (χ1v) is 16.2. The first kappa shape index (κ1) is 21.0. The van der Waals surface area contributed by atoms with Gasteiger partial charge >= 0.3 is 0 Å². The maximum atomic E-state index is 5.90. The van der Waals surface area contributed by atoms with Gasteiger partial charge < -0.3 is 4.12 Å². The standard InChI is InChI=1S/C6H18OSi2.C4H12Si.CH4/c1-8(2,3)7-9(4,5)6;1-5(2,3)4;/h1-6H3;1-4H3;1H4. The topological polar surface area (TPSA) is 9.23 Å². The van der Waals surface area contributed by atoms with E-state index in [1.807, 2.05) is 0 Å². The van der Waals surface area contributed by atoms with E-state index in [2.05, 4.69) is 65.5 Å². The van der Waals surface area contributed by atoms with E-state index >= 15 is 0 Å². The average Bonchev–Trinajstić information content (AvgIpc) is 1.42. The zero-order chi connectivity index (χ0) is 12.2. The van der Waals surface area contributed by atoms with Crippen molar-refractivity contribution in [3.05, 3.63) is 0 Å². The second-order valence-corrected chi connectivity index (χ2v) is 22.6. The quantitative estimate of drug-likeness (QED) is 0.619. The molecule has 0 aliphatic heterocycles. The Bertz CT molecular complexity index is 131. The van der Waals surface area contributed by atoms with Crippen molar-refractivity contribution in [2.75, 3.05) is 0 Å². The van der Waals surface area contributed by atoms with Crippen molar-refractivity contribution in [2.24, 2.45) is 0 Å². The van der Waals surface area contributed by atoms with Gasteiger partial charge in [0.1, 0.15) is 0 Å². The molecule has 0 radical (unpaired) electrons. The van der Waals surface area contributed by atoms with Crippen molar-refractivity contribution in [2.45, 2.75) is 72.9 Å². The van der Waals surface area contributed by atoms with Crippen molar-refractivity contribution in [3.63, 3.8) is 0 Å². The Morgan fingerprint density at radius 1 is 0.533 bits per heavy atom. The lowest BCUT2D eigenvalue weighted by molar-refractivity contribution is 0.559. The smallest absolute Gasteiger partial charge is 0.170 e. The summed E-state index contributed by atoms with van der Waals surface area (Å²) in [6, 6.07) is 0. The van der Waals surface area contributed by atoms with Crippen molar-refractivity contribution >= 4 is 24.7 Å². The Labute approximate surface area is 102 Å². The maximum Gasteiger partial charge on any atom is 0.170 e. The predicted molar refractivity (Wildman–Crippen MR) is 83.7 cm³/mol. The minimum Gasteiger partial charge on any atom is -0.456 e. The molecule has 0 saturated heterocycles. The van der Waals surface area contributed by atoms with Crippen LogP contribution in [-0.2, 0) is 4.12 Å². The lowest BCUT2D eigenvalue weighted by atomic mass is 11.8. The van der Waals surface area contributed by atoms with Gasteiger partial charge in [-0.05, 0) is 39.3 Å². The van der Waals surface area contributed by atoms with Gasteiger partial charge in [-0.25, -0.2) is 0 Å². The van der Waals surface area contributed by atoms with Gasteiger partial charge in [0.25, 0.3) is 0 Å². The summed E-state index contributed by atoms with van der Waals surface area (Å²) in [5.74, 6) is 0.